The van der Waals surface area contributed by atoms with E-state index < -0.39 is 6.10 Å². The van der Waals surface area contributed by atoms with E-state index in [2.05, 4.69) is 0 Å². The second kappa shape index (κ2) is 2.87. The predicted molar refractivity (Wildman–Crippen MR) is 56.6 cm³/mol. The zero-order valence-corrected chi connectivity index (χ0v) is 8.23. The molecule has 0 bridgehead atoms. The van der Waals surface area contributed by atoms with Crippen molar-refractivity contribution in [3.05, 3.63) is 36.3 Å². The standard InChI is InChI=1S/C12H10O3/c1-7(13)11-9-3-5-14-10(9)6-8-2-4-15-12(8)11/h2-7,13H,1H3. The first-order chi connectivity index (χ1) is 7.27. The van der Waals surface area contributed by atoms with E-state index in [1.807, 2.05) is 18.2 Å². The molecule has 0 aliphatic heterocycles. The molecule has 3 heteroatoms. The minimum atomic E-state index is -0.569. The lowest BCUT2D eigenvalue weighted by molar-refractivity contribution is 0.201. The molecule has 1 aromatic carbocycles. The smallest absolute Gasteiger partial charge is 0.140 e. The Morgan fingerprint density at radius 1 is 1.20 bits per heavy atom. The molecule has 0 radical (unpaired) electrons. The highest BCUT2D eigenvalue weighted by Crippen LogP contribution is 2.33. The van der Waals surface area contributed by atoms with Gasteiger partial charge in [0, 0.05) is 16.3 Å². The van der Waals surface area contributed by atoms with Crippen molar-refractivity contribution in [2.45, 2.75) is 13.0 Å². The van der Waals surface area contributed by atoms with E-state index in [-0.39, 0.29) is 0 Å². The van der Waals surface area contributed by atoms with E-state index in [0.29, 0.717) is 0 Å². The third-order valence-electron chi connectivity index (χ3n) is 2.63. The molecule has 0 saturated heterocycles. The average Bonchev–Trinajstić information content (AvgIpc) is 2.79. The van der Waals surface area contributed by atoms with Crippen LogP contribution in [-0.2, 0) is 0 Å². The van der Waals surface area contributed by atoms with Crippen molar-refractivity contribution < 1.29 is 13.9 Å². The SMILES string of the molecule is CC(O)c1c2ccoc2cc2ccoc12. The molecule has 0 saturated carbocycles. The number of hydrogen-bond acceptors (Lipinski definition) is 3. The minimum Gasteiger partial charge on any atom is -0.464 e. The summed E-state index contributed by atoms with van der Waals surface area (Å²) in [5.74, 6) is 0. The van der Waals surface area contributed by atoms with E-state index in [1.54, 1.807) is 19.5 Å². The number of benzene rings is 1. The lowest BCUT2D eigenvalue weighted by atomic mass is 10.0. The van der Waals surface area contributed by atoms with Crippen LogP contribution in [-0.4, -0.2) is 5.11 Å². The molecule has 1 atom stereocenters. The average molecular weight is 202 g/mol. The Balaban J connectivity index is 2.56. The Morgan fingerprint density at radius 2 is 2.00 bits per heavy atom. The highest BCUT2D eigenvalue weighted by Gasteiger charge is 2.15. The topological polar surface area (TPSA) is 46.5 Å². The number of rotatable bonds is 1. The highest BCUT2D eigenvalue weighted by atomic mass is 16.3. The van der Waals surface area contributed by atoms with Gasteiger partial charge in [-0.2, -0.15) is 0 Å². The van der Waals surface area contributed by atoms with Gasteiger partial charge in [0.25, 0.3) is 0 Å². The zero-order valence-electron chi connectivity index (χ0n) is 8.23. The summed E-state index contributed by atoms with van der Waals surface area (Å²) in [6.07, 6.45) is 2.67. The fraction of sp³-hybridized carbons (Fsp3) is 0.167. The van der Waals surface area contributed by atoms with Gasteiger partial charge in [-0.15, -0.1) is 0 Å². The quantitative estimate of drug-likeness (QED) is 0.658. The first-order valence-electron chi connectivity index (χ1n) is 4.83. The Kier molecular flexibility index (Phi) is 1.64. The van der Waals surface area contributed by atoms with Crippen molar-refractivity contribution in [2.24, 2.45) is 0 Å². The van der Waals surface area contributed by atoms with Gasteiger partial charge in [-0.1, -0.05) is 0 Å². The normalized spacial score (nSPS) is 13.7. The molecule has 1 unspecified atom stereocenters. The summed E-state index contributed by atoms with van der Waals surface area (Å²) in [4.78, 5) is 0. The lowest BCUT2D eigenvalue weighted by Crippen LogP contribution is -1.92. The summed E-state index contributed by atoms with van der Waals surface area (Å²) in [6, 6.07) is 5.63. The van der Waals surface area contributed by atoms with Gasteiger partial charge in [0.05, 0.1) is 18.6 Å². The third-order valence-corrected chi connectivity index (χ3v) is 2.63. The zero-order chi connectivity index (χ0) is 10.4. The monoisotopic (exact) mass is 202 g/mol. The second-order valence-corrected chi connectivity index (χ2v) is 3.64. The van der Waals surface area contributed by atoms with Crippen molar-refractivity contribution >= 4 is 21.9 Å². The number of hydrogen-bond donors (Lipinski definition) is 1. The van der Waals surface area contributed by atoms with Crippen LogP contribution >= 0.6 is 0 Å². The molecule has 3 nitrogen and oxygen atoms in total. The number of furan rings is 2. The predicted octanol–water partition coefficient (Wildman–Crippen LogP) is 3.23. The summed E-state index contributed by atoms with van der Waals surface area (Å²) < 4.78 is 10.7. The van der Waals surface area contributed by atoms with Crippen molar-refractivity contribution in [1.29, 1.82) is 0 Å². The molecule has 2 aromatic heterocycles. The Morgan fingerprint density at radius 3 is 2.80 bits per heavy atom. The maximum Gasteiger partial charge on any atom is 0.140 e. The molecule has 0 spiro atoms. The summed E-state index contributed by atoms with van der Waals surface area (Å²) in [5, 5.41) is 11.6. The van der Waals surface area contributed by atoms with Crippen LogP contribution in [0.4, 0.5) is 0 Å². The molecule has 15 heavy (non-hydrogen) atoms. The number of fused-ring (bicyclic) bond motifs is 2. The Hall–Kier alpha value is -1.74. The van der Waals surface area contributed by atoms with Crippen LogP contribution in [0, 0.1) is 0 Å². The maximum atomic E-state index is 9.75. The van der Waals surface area contributed by atoms with Crippen LogP contribution in [0.15, 0.2) is 39.6 Å². The van der Waals surface area contributed by atoms with Crippen LogP contribution in [0.25, 0.3) is 21.9 Å². The lowest BCUT2D eigenvalue weighted by Gasteiger charge is -2.06. The van der Waals surface area contributed by atoms with Crippen molar-refractivity contribution in [1.82, 2.24) is 0 Å². The van der Waals surface area contributed by atoms with Gasteiger partial charge in [0.2, 0.25) is 0 Å². The molecular formula is C12H10O3. The van der Waals surface area contributed by atoms with Gasteiger partial charge in [-0.25, -0.2) is 0 Å². The van der Waals surface area contributed by atoms with Crippen LogP contribution in [0.2, 0.25) is 0 Å². The molecule has 0 amide bonds. The van der Waals surface area contributed by atoms with Gasteiger partial charge in [0.15, 0.2) is 0 Å². The number of aliphatic hydroxyl groups is 1. The molecule has 0 fully saturated rings. The molecule has 0 aliphatic carbocycles. The first-order valence-corrected chi connectivity index (χ1v) is 4.83. The Bertz CT molecular complexity index is 567. The second-order valence-electron chi connectivity index (χ2n) is 3.64. The largest absolute Gasteiger partial charge is 0.464 e. The molecule has 2 heterocycles. The van der Waals surface area contributed by atoms with Gasteiger partial charge in [0.1, 0.15) is 11.2 Å². The van der Waals surface area contributed by atoms with Crippen molar-refractivity contribution in [2.75, 3.05) is 0 Å². The van der Waals surface area contributed by atoms with E-state index in [1.165, 1.54) is 0 Å². The van der Waals surface area contributed by atoms with Crippen LogP contribution < -0.4 is 0 Å². The van der Waals surface area contributed by atoms with Gasteiger partial charge in [-0.3, -0.25) is 0 Å². The molecule has 3 rings (SSSR count). The van der Waals surface area contributed by atoms with E-state index >= 15 is 0 Å². The van der Waals surface area contributed by atoms with Crippen molar-refractivity contribution in [3.63, 3.8) is 0 Å². The summed E-state index contributed by atoms with van der Waals surface area (Å²) >= 11 is 0. The molecule has 1 N–H and O–H groups in total. The summed E-state index contributed by atoms with van der Waals surface area (Å²) in [7, 11) is 0. The maximum absolute atomic E-state index is 9.75. The van der Waals surface area contributed by atoms with Crippen LogP contribution in [0.3, 0.4) is 0 Å². The van der Waals surface area contributed by atoms with E-state index in [9.17, 15) is 5.11 Å². The van der Waals surface area contributed by atoms with Crippen LogP contribution in [0.5, 0.6) is 0 Å². The minimum absolute atomic E-state index is 0.569. The fourth-order valence-electron chi connectivity index (χ4n) is 1.99. The highest BCUT2D eigenvalue weighted by molar-refractivity contribution is 5.97. The number of aliphatic hydroxyl groups excluding tert-OH is 1. The first kappa shape index (κ1) is 8.56. The molecule has 76 valence electrons. The van der Waals surface area contributed by atoms with E-state index in [4.69, 9.17) is 8.83 Å². The molecule has 3 aromatic rings. The molecule has 0 aliphatic rings. The fourth-order valence-corrected chi connectivity index (χ4v) is 1.99. The summed E-state index contributed by atoms with van der Waals surface area (Å²) in [6.45, 7) is 1.73. The van der Waals surface area contributed by atoms with Gasteiger partial charge in [-0.05, 0) is 25.1 Å². The van der Waals surface area contributed by atoms with Crippen LogP contribution in [0.1, 0.15) is 18.6 Å². The summed E-state index contributed by atoms with van der Waals surface area (Å²) in [5.41, 5.74) is 2.31. The molecular weight excluding hydrogens is 192 g/mol. The van der Waals surface area contributed by atoms with Gasteiger partial charge >= 0.3 is 0 Å². The Labute approximate surface area is 85.9 Å². The van der Waals surface area contributed by atoms with E-state index in [0.717, 1.165) is 27.5 Å². The van der Waals surface area contributed by atoms with Gasteiger partial charge < -0.3 is 13.9 Å². The third kappa shape index (κ3) is 1.10. The van der Waals surface area contributed by atoms with Crippen molar-refractivity contribution in [3.8, 4) is 0 Å².